The molecule has 0 spiro atoms. The number of aryl methyl sites for hydroxylation is 1. The molecule has 2 aromatic heterocycles. The second-order valence-electron chi connectivity index (χ2n) is 4.47. The number of hydrogen-bond donors (Lipinski definition) is 2. The first kappa shape index (κ1) is 12.3. The van der Waals surface area contributed by atoms with Crippen molar-refractivity contribution in [2.75, 3.05) is 0 Å². The molecule has 0 saturated carbocycles. The van der Waals surface area contributed by atoms with Crippen molar-refractivity contribution in [2.24, 2.45) is 0 Å². The summed E-state index contributed by atoms with van der Waals surface area (Å²) in [7, 11) is 0. The SMILES string of the molecule is Cc1cnc(CNCc2c[nH]c3cc(Cl)ccc23)o1. The zero-order valence-electron chi connectivity index (χ0n) is 10.5. The quantitative estimate of drug-likeness (QED) is 0.767. The van der Waals surface area contributed by atoms with Crippen LogP contribution >= 0.6 is 11.6 Å². The van der Waals surface area contributed by atoms with Crippen molar-refractivity contribution in [1.82, 2.24) is 15.3 Å². The van der Waals surface area contributed by atoms with E-state index in [-0.39, 0.29) is 0 Å². The Balaban J connectivity index is 1.68. The van der Waals surface area contributed by atoms with Crippen LogP contribution in [0.1, 0.15) is 17.2 Å². The molecule has 0 aliphatic rings. The van der Waals surface area contributed by atoms with Crippen LogP contribution in [0.4, 0.5) is 0 Å². The van der Waals surface area contributed by atoms with E-state index in [1.54, 1.807) is 6.20 Å². The third-order valence-corrected chi connectivity index (χ3v) is 3.23. The van der Waals surface area contributed by atoms with Gasteiger partial charge in [-0.25, -0.2) is 4.98 Å². The normalized spacial score (nSPS) is 11.3. The number of nitrogens with zero attached hydrogens (tertiary/aromatic N) is 1. The van der Waals surface area contributed by atoms with Crippen LogP contribution in [0.3, 0.4) is 0 Å². The Morgan fingerprint density at radius 2 is 2.26 bits per heavy atom. The van der Waals surface area contributed by atoms with Gasteiger partial charge in [-0.2, -0.15) is 0 Å². The minimum absolute atomic E-state index is 0.619. The molecule has 1 aromatic carbocycles. The van der Waals surface area contributed by atoms with E-state index in [1.165, 1.54) is 10.9 Å². The lowest BCUT2D eigenvalue weighted by Gasteiger charge is -2.01. The Labute approximate surface area is 115 Å². The topological polar surface area (TPSA) is 53.9 Å². The monoisotopic (exact) mass is 275 g/mol. The Hall–Kier alpha value is -1.78. The van der Waals surface area contributed by atoms with Crippen LogP contribution in [0.5, 0.6) is 0 Å². The van der Waals surface area contributed by atoms with Crippen molar-refractivity contribution in [3.05, 3.63) is 52.8 Å². The van der Waals surface area contributed by atoms with E-state index in [0.717, 1.165) is 22.8 Å². The van der Waals surface area contributed by atoms with Crippen molar-refractivity contribution in [1.29, 1.82) is 0 Å². The highest BCUT2D eigenvalue weighted by Gasteiger charge is 2.05. The number of aromatic amines is 1. The third kappa shape index (κ3) is 2.64. The van der Waals surface area contributed by atoms with Gasteiger partial charge in [0.1, 0.15) is 5.76 Å². The second-order valence-corrected chi connectivity index (χ2v) is 4.91. The smallest absolute Gasteiger partial charge is 0.208 e. The maximum atomic E-state index is 5.96. The lowest BCUT2D eigenvalue weighted by atomic mass is 10.2. The molecule has 5 heteroatoms. The Morgan fingerprint density at radius 3 is 3.05 bits per heavy atom. The molecule has 0 amide bonds. The molecule has 3 rings (SSSR count). The number of benzene rings is 1. The molecular weight excluding hydrogens is 262 g/mol. The van der Waals surface area contributed by atoms with Crippen LogP contribution in [-0.4, -0.2) is 9.97 Å². The van der Waals surface area contributed by atoms with Crippen LogP contribution in [-0.2, 0) is 13.1 Å². The van der Waals surface area contributed by atoms with E-state index in [2.05, 4.69) is 15.3 Å². The van der Waals surface area contributed by atoms with Gasteiger partial charge in [-0.15, -0.1) is 0 Å². The molecule has 98 valence electrons. The van der Waals surface area contributed by atoms with Gasteiger partial charge in [0.25, 0.3) is 0 Å². The molecule has 0 bridgehead atoms. The molecule has 0 unspecified atom stereocenters. The highest BCUT2D eigenvalue weighted by molar-refractivity contribution is 6.31. The predicted octanol–water partition coefficient (Wildman–Crippen LogP) is 3.41. The van der Waals surface area contributed by atoms with Gasteiger partial charge >= 0.3 is 0 Å². The lowest BCUT2D eigenvalue weighted by Crippen LogP contribution is -2.12. The van der Waals surface area contributed by atoms with E-state index in [1.807, 2.05) is 31.3 Å². The fraction of sp³-hybridized carbons (Fsp3) is 0.214. The fourth-order valence-electron chi connectivity index (χ4n) is 2.09. The fourth-order valence-corrected chi connectivity index (χ4v) is 2.26. The van der Waals surface area contributed by atoms with E-state index in [4.69, 9.17) is 16.0 Å². The summed E-state index contributed by atoms with van der Waals surface area (Å²) >= 11 is 5.96. The molecule has 19 heavy (non-hydrogen) atoms. The summed E-state index contributed by atoms with van der Waals surface area (Å²) in [5, 5.41) is 5.24. The Morgan fingerprint density at radius 1 is 1.37 bits per heavy atom. The average Bonchev–Trinajstić information content (AvgIpc) is 2.96. The van der Waals surface area contributed by atoms with Crippen molar-refractivity contribution in [2.45, 2.75) is 20.0 Å². The lowest BCUT2D eigenvalue weighted by molar-refractivity contribution is 0.449. The molecule has 0 aliphatic heterocycles. The van der Waals surface area contributed by atoms with Crippen LogP contribution < -0.4 is 5.32 Å². The number of oxazole rings is 1. The van der Waals surface area contributed by atoms with Crippen molar-refractivity contribution in [3.8, 4) is 0 Å². The minimum Gasteiger partial charge on any atom is -0.445 e. The van der Waals surface area contributed by atoms with Crippen LogP contribution in [0, 0.1) is 6.92 Å². The summed E-state index contributed by atoms with van der Waals surface area (Å²) in [5.74, 6) is 1.54. The first-order chi connectivity index (χ1) is 9.22. The summed E-state index contributed by atoms with van der Waals surface area (Å²) in [4.78, 5) is 7.37. The summed E-state index contributed by atoms with van der Waals surface area (Å²) in [6.07, 6.45) is 3.72. The number of H-pyrrole nitrogens is 1. The molecule has 0 aliphatic carbocycles. The molecule has 2 N–H and O–H groups in total. The predicted molar refractivity (Wildman–Crippen MR) is 75.1 cm³/mol. The van der Waals surface area contributed by atoms with Crippen LogP contribution in [0.25, 0.3) is 10.9 Å². The van der Waals surface area contributed by atoms with E-state index in [9.17, 15) is 0 Å². The summed E-state index contributed by atoms with van der Waals surface area (Å²) < 4.78 is 5.41. The maximum Gasteiger partial charge on any atom is 0.208 e. The van der Waals surface area contributed by atoms with Gasteiger partial charge in [0.2, 0.25) is 5.89 Å². The summed E-state index contributed by atoms with van der Waals surface area (Å²) in [6.45, 7) is 3.26. The first-order valence-electron chi connectivity index (χ1n) is 6.10. The van der Waals surface area contributed by atoms with Gasteiger partial charge in [-0.3, -0.25) is 0 Å². The molecule has 0 atom stereocenters. The number of aromatic nitrogens is 2. The second kappa shape index (κ2) is 5.07. The largest absolute Gasteiger partial charge is 0.445 e. The maximum absolute atomic E-state index is 5.96. The highest BCUT2D eigenvalue weighted by atomic mass is 35.5. The number of halogens is 1. The van der Waals surface area contributed by atoms with Crippen LogP contribution in [0.2, 0.25) is 5.02 Å². The molecule has 0 saturated heterocycles. The average molecular weight is 276 g/mol. The molecule has 0 fully saturated rings. The summed E-state index contributed by atoms with van der Waals surface area (Å²) in [6, 6.07) is 5.86. The number of nitrogens with one attached hydrogen (secondary N) is 2. The minimum atomic E-state index is 0.619. The van der Waals surface area contributed by atoms with Gasteiger partial charge < -0.3 is 14.7 Å². The van der Waals surface area contributed by atoms with Crippen molar-refractivity contribution in [3.63, 3.8) is 0 Å². The first-order valence-corrected chi connectivity index (χ1v) is 6.48. The number of fused-ring (bicyclic) bond motifs is 1. The highest BCUT2D eigenvalue weighted by Crippen LogP contribution is 2.21. The van der Waals surface area contributed by atoms with Crippen molar-refractivity contribution < 1.29 is 4.42 Å². The van der Waals surface area contributed by atoms with E-state index < -0.39 is 0 Å². The van der Waals surface area contributed by atoms with Gasteiger partial charge in [-0.05, 0) is 24.6 Å². The molecule has 3 aromatic rings. The van der Waals surface area contributed by atoms with Crippen LogP contribution in [0.15, 0.2) is 35.0 Å². The third-order valence-electron chi connectivity index (χ3n) is 2.99. The van der Waals surface area contributed by atoms with Gasteiger partial charge in [0.15, 0.2) is 0 Å². The van der Waals surface area contributed by atoms with E-state index >= 15 is 0 Å². The zero-order chi connectivity index (χ0) is 13.2. The number of hydrogen-bond acceptors (Lipinski definition) is 3. The standard InChI is InChI=1S/C14H14ClN3O/c1-9-5-18-14(19-9)8-16-6-10-7-17-13-4-11(15)2-3-12(10)13/h2-5,7,16-17H,6,8H2,1H3. The van der Waals surface area contributed by atoms with Gasteiger partial charge in [-0.1, -0.05) is 17.7 Å². The number of rotatable bonds is 4. The zero-order valence-corrected chi connectivity index (χ0v) is 11.3. The molecular formula is C14H14ClN3O. The Kier molecular flexibility index (Phi) is 3.27. The molecule has 4 nitrogen and oxygen atoms in total. The van der Waals surface area contributed by atoms with Gasteiger partial charge in [0.05, 0.1) is 12.7 Å². The summed E-state index contributed by atoms with van der Waals surface area (Å²) in [5.41, 5.74) is 2.26. The molecule has 0 radical (unpaired) electrons. The Bertz CT molecular complexity index is 702. The van der Waals surface area contributed by atoms with Gasteiger partial charge in [0, 0.05) is 28.7 Å². The van der Waals surface area contributed by atoms with Crippen molar-refractivity contribution >= 4 is 22.5 Å². The molecule has 2 heterocycles. The van der Waals surface area contributed by atoms with E-state index in [0.29, 0.717) is 12.4 Å².